The van der Waals surface area contributed by atoms with Gasteiger partial charge in [0.1, 0.15) is 17.2 Å². The van der Waals surface area contributed by atoms with Gasteiger partial charge in [-0.25, -0.2) is 14.4 Å². The molecule has 0 unspecified atom stereocenters. The molecule has 0 saturated heterocycles. The van der Waals surface area contributed by atoms with Gasteiger partial charge in [-0.2, -0.15) is 0 Å². The molecule has 4 aromatic carbocycles. The lowest BCUT2D eigenvalue weighted by Crippen LogP contribution is -2.12. The fourth-order valence-electron chi connectivity index (χ4n) is 2.94. The van der Waals surface area contributed by atoms with Crippen LogP contribution in [-0.2, 0) is 0 Å². The van der Waals surface area contributed by atoms with Crippen LogP contribution in [0.5, 0.6) is 17.2 Å². The average molecular weight is 529 g/mol. The number of carbonyl (C=O) groups is 3. The summed E-state index contributed by atoms with van der Waals surface area (Å²) in [6, 6.07) is 29.4. The molecule has 4 rings (SSSR count). The number of benzene rings is 4. The second-order valence-corrected chi connectivity index (χ2v) is 6.91. The number of hydrogen-bond acceptors (Lipinski definition) is 6. The van der Waals surface area contributed by atoms with Gasteiger partial charge in [-0.1, -0.05) is 96.1 Å². The zero-order valence-corrected chi connectivity index (χ0v) is 23.3. The van der Waals surface area contributed by atoms with Crippen LogP contribution in [-0.4, -0.2) is 17.9 Å². The maximum Gasteiger partial charge on any atom is 0.343 e. The highest BCUT2D eigenvalue weighted by Crippen LogP contribution is 2.30. The van der Waals surface area contributed by atoms with Gasteiger partial charge in [0.05, 0.1) is 16.7 Å². The molecule has 0 atom stereocenters. The molecule has 6 nitrogen and oxygen atoms in total. The number of esters is 3. The summed E-state index contributed by atoms with van der Waals surface area (Å²) < 4.78 is 16.3. The van der Waals surface area contributed by atoms with Crippen molar-refractivity contribution >= 4 is 17.9 Å². The molecule has 4 aromatic rings. The summed E-state index contributed by atoms with van der Waals surface area (Å²) in [5, 5.41) is 0. The molecule has 0 aliphatic carbocycles. The Morgan fingerprint density at radius 1 is 0.385 bits per heavy atom. The summed E-state index contributed by atoms with van der Waals surface area (Å²) in [5.74, 6) is -1.67. The lowest BCUT2D eigenvalue weighted by atomic mass is 10.2. The fourth-order valence-corrected chi connectivity index (χ4v) is 2.94. The minimum absolute atomic E-state index is 0.0538. The van der Waals surface area contributed by atoms with Crippen molar-refractivity contribution in [1.29, 1.82) is 0 Å². The van der Waals surface area contributed by atoms with Crippen LogP contribution in [0.1, 0.15) is 72.6 Å². The molecule has 204 valence electrons. The van der Waals surface area contributed by atoms with Crippen LogP contribution in [0.2, 0.25) is 0 Å². The largest absolute Gasteiger partial charge is 0.423 e. The van der Waals surface area contributed by atoms with Gasteiger partial charge in [0.2, 0.25) is 0 Å². The summed E-state index contributed by atoms with van der Waals surface area (Å²) in [5.41, 5.74) is 1.02. The normalized spacial score (nSPS) is 9.08. The molecule has 0 fully saturated rings. The lowest BCUT2D eigenvalue weighted by Gasteiger charge is -2.11. The molecular weight excluding hydrogens is 492 g/mol. The van der Waals surface area contributed by atoms with Crippen molar-refractivity contribution in [1.82, 2.24) is 0 Å². The molecule has 39 heavy (non-hydrogen) atoms. The number of ether oxygens (including phenoxy) is 3. The van der Waals surface area contributed by atoms with E-state index in [4.69, 9.17) is 14.2 Å². The van der Waals surface area contributed by atoms with Crippen LogP contribution in [0, 0.1) is 0 Å². The first kappa shape index (κ1) is 32.3. The van der Waals surface area contributed by atoms with Crippen molar-refractivity contribution in [3.8, 4) is 17.2 Å². The Kier molecular flexibility index (Phi) is 15.3. The number of rotatable bonds is 6. The molecule has 0 amide bonds. The van der Waals surface area contributed by atoms with Crippen molar-refractivity contribution in [2.45, 2.75) is 41.5 Å². The predicted octanol–water partition coefficient (Wildman–Crippen LogP) is 8.42. The monoisotopic (exact) mass is 528 g/mol. The zero-order valence-electron chi connectivity index (χ0n) is 23.3. The van der Waals surface area contributed by atoms with Crippen molar-refractivity contribution in [2.75, 3.05) is 0 Å². The summed E-state index contributed by atoms with van der Waals surface area (Å²) in [6.07, 6.45) is 0. The van der Waals surface area contributed by atoms with Gasteiger partial charge in [0.25, 0.3) is 0 Å². The highest BCUT2D eigenvalue weighted by Gasteiger charge is 2.16. The van der Waals surface area contributed by atoms with Gasteiger partial charge in [0.15, 0.2) is 0 Å². The minimum Gasteiger partial charge on any atom is -0.423 e. The maximum atomic E-state index is 12.5. The second kappa shape index (κ2) is 18.5. The molecular formula is C33H36O6. The highest BCUT2D eigenvalue weighted by atomic mass is 16.6. The molecule has 0 aliphatic heterocycles. The van der Waals surface area contributed by atoms with Gasteiger partial charge < -0.3 is 14.2 Å². The molecule has 0 radical (unpaired) electrons. The van der Waals surface area contributed by atoms with Gasteiger partial charge >= 0.3 is 17.9 Å². The number of hydrogen-bond donors (Lipinski definition) is 0. The van der Waals surface area contributed by atoms with E-state index in [9.17, 15) is 14.4 Å². The smallest absolute Gasteiger partial charge is 0.343 e. The molecule has 0 saturated carbocycles. The Hall–Kier alpha value is -4.71. The Morgan fingerprint density at radius 3 is 0.795 bits per heavy atom. The fraction of sp³-hybridized carbons (Fsp3) is 0.182. The summed E-state index contributed by atoms with van der Waals surface area (Å²) in [7, 11) is 0. The summed E-state index contributed by atoms with van der Waals surface area (Å²) in [4.78, 5) is 37.5. The van der Waals surface area contributed by atoms with E-state index in [0.717, 1.165) is 0 Å². The van der Waals surface area contributed by atoms with E-state index < -0.39 is 17.9 Å². The Labute approximate surface area is 231 Å². The second-order valence-electron chi connectivity index (χ2n) is 6.91. The Bertz CT molecular complexity index is 1100. The van der Waals surface area contributed by atoms with E-state index in [1.54, 1.807) is 91.0 Å². The van der Waals surface area contributed by atoms with Gasteiger partial charge in [-0.05, 0) is 36.4 Å². The van der Waals surface area contributed by atoms with Crippen LogP contribution in [0.15, 0.2) is 109 Å². The van der Waals surface area contributed by atoms with Crippen molar-refractivity contribution < 1.29 is 28.6 Å². The SMILES string of the molecule is CC.CC.CC.O=C(Oc1cc(OC(=O)c2ccccc2)cc(OC(=O)c2ccccc2)c1)c1ccccc1. The Balaban J connectivity index is 0.00000119. The first-order chi connectivity index (χ1) is 19.1. The quantitative estimate of drug-likeness (QED) is 0.185. The third kappa shape index (κ3) is 10.7. The molecule has 0 aliphatic rings. The maximum absolute atomic E-state index is 12.5. The van der Waals surface area contributed by atoms with Crippen LogP contribution < -0.4 is 14.2 Å². The molecule has 0 aromatic heterocycles. The standard InChI is InChI=1S/C27H18O6.3C2H6/c28-25(19-10-4-1-5-11-19)31-22-16-23(32-26(29)20-12-6-2-7-13-20)18-24(17-22)33-27(30)21-14-8-3-9-15-21;3*1-2/h1-18H;3*1-2H3. The summed E-state index contributed by atoms with van der Waals surface area (Å²) in [6.45, 7) is 12.0. The summed E-state index contributed by atoms with van der Waals surface area (Å²) >= 11 is 0. The van der Waals surface area contributed by atoms with E-state index >= 15 is 0 Å². The van der Waals surface area contributed by atoms with E-state index in [2.05, 4.69) is 0 Å². The molecule has 0 spiro atoms. The molecule has 0 bridgehead atoms. The minimum atomic E-state index is -0.609. The zero-order chi connectivity index (χ0) is 29.0. The predicted molar refractivity (Wildman–Crippen MR) is 155 cm³/mol. The lowest BCUT2D eigenvalue weighted by molar-refractivity contribution is 0.0730. The van der Waals surface area contributed by atoms with Gasteiger partial charge in [-0.15, -0.1) is 0 Å². The van der Waals surface area contributed by atoms with Crippen LogP contribution in [0.4, 0.5) is 0 Å². The van der Waals surface area contributed by atoms with Crippen LogP contribution in [0.3, 0.4) is 0 Å². The van der Waals surface area contributed by atoms with Crippen molar-refractivity contribution in [3.63, 3.8) is 0 Å². The molecule has 0 heterocycles. The van der Waals surface area contributed by atoms with Crippen molar-refractivity contribution in [3.05, 3.63) is 126 Å². The number of carbonyl (C=O) groups excluding carboxylic acids is 3. The van der Waals surface area contributed by atoms with E-state index in [-0.39, 0.29) is 17.2 Å². The van der Waals surface area contributed by atoms with Crippen LogP contribution >= 0.6 is 0 Å². The third-order valence-corrected chi connectivity index (χ3v) is 4.51. The van der Waals surface area contributed by atoms with Gasteiger partial charge in [-0.3, -0.25) is 0 Å². The third-order valence-electron chi connectivity index (χ3n) is 4.51. The van der Waals surface area contributed by atoms with Crippen LogP contribution in [0.25, 0.3) is 0 Å². The first-order valence-corrected chi connectivity index (χ1v) is 13.1. The molecule has 0 N–H and O–H groups in total. The highest BCUT2D eigenvalue weighted by molar-refractivity contribution is 5.93. The average Bonchev–Trinajstić information content (AvgIpc) is 3.01. The molecule has 6 heteroatoms. The van der Waals surface area contributed by atoms with E-state index in [0.29, 0.717) is 16.7 Å². The van der Waals surface area contributed by atoms with E-state index in [1.807, 2.05) is 41.5 Å². The first-order valence-electron chi connectivity index (χ1n) is 13.1. The van der Waals surface area contributed by atoms with Crippen molar-refractivity contribution in [2.24, 2.45) is 0 Å². The topological polar surface area (TPSA) is 78.9 Å². The van der Waals surface area contributed by atoms with Gasteiger partial charge in [0, 0.05) is 18.2 Å². The van der Waals surface area contributed by atoms with E-state index in [1.165, 1.54) is 18.2 Å². The Morgan fingerprint density at radius 2 is 0.590 bits per heavy atom.